The summed E-state index contributed by atoms with van der Waals surface area (Å²) in [5, 5.41) is 12.9. The van der Waals surface area contributed by atoms with E-state index < -0.39 is 0 Å². The Labute approximate surface area is 165 Å². The Bertz CT molecular complexity index is 1000. The minimum atomic E-state index is -0.133. The van der Waals surface area contributed by atoms with Crippen LogP contribution in [0.2, 0.25) is 0 Å². The number of hydrogen-bond donors (Lipinski definition) is 2. The topological polar surface area (TPSA) is 67.2 Å². The van der Waals surface area contributed by atoms with Crippen LogP contribution in [0.15, 0.2) is 54.9 Å². The van der Waals surface area contributed by atoms with Crippen molar-refractivity contribution in [3.05, 3.63) is 77.2 Å². The van der Waals surface area contributed by atoms with Gasteiger partial charge in [0.15, 0.2) is 0 Å². The largest absolute Gasteiger partial charge is 0.392 e. The maximum atomic E-state index is 13.1. The third-order valence-electron chi connectivity index (χ3n) is 5.31. The third-order valence-corrected chi connectivity index (χ3v) is 5.31. The Morgan fingerprint density at radius 1 is 1.29 bits per heavy atom. The molecule has 0 aliphatic heterocycles. The number of nitrogens with one attached hydrogen (secondary N) is 1. The Hall–Kier alpha value is -2.92. The van der Waals surface area contributed by atoms with Crippen LogP contribution < -0.4 is 5.32 Å². The number of carbonyl (C=O) groups is 1. The second kappa shape index (κ2) is 7.60. The first kappa shape index (κ1) is 18.4. The second-order valence-electron chi connectivity index (χ2n) is 7.63. The zero-order valence-electron chi connectivity index (χ0n) is 16.2. The summed E-state index contributed by atoms with van der Waals surface area (Å²) in [4.78, 5) is 17.6. The Balaban J connectivity index is 1.64. The molecule has 1 atom stereocenters. The molecule has 5 heteroatoms. The minimum absolute atomic E-state index is 0.0799. The van der Waals surface area contributed by atoms with Crippen molar-refractivity contribution in [2.75, 3.05) is 0 Å². The van der Waals surface area contributed by atoms with E-state index in [9.17, 15) is 9.90 Å². The average molecular weight is 375 g/mol. The van der Waals surface area contributed by atoms with Crippen molar-refractivity contribution < 1.29 is 9.90 Å². The van der Waals surface area contributed by atoms with Crippen molar-refractivity contribution in [3.63, 3.8) is 0 Å². The molecule has 1 amide bonds. The highest BCUT2D eigenvalue weighted by Gasteiger charge is 2.34. The molecule has 1 fully saturated rings. The fourth-order valence-electron chi connectivity index (χ4n) is 3.64. The maximum absolute atomic E-state index is 13.1. The SMILES string of the molecule is Cc1ccnc(C(NC(=O)c2cc(CO)cc(-c3cccn3C)c2)C2CC2)c1. The maximum Gasteiger partial charge on any atom is 0.251 e. The van der Waals surface area contributed by atoms with E-state index in [1.54, 1.807) is 12.3 Å². The first-order chi connectivity index (χ1) is 13.5. The highest BCUT2D eigenvalue weighted by atomic mass is 16.3. The molecule has 4 rings (SSSR count). The number of amides is 1. The first-order valence-electron chi connectivity index (χ1n) is 9.65. The van der Waals surface area contributed by atoms with Crippen LogP contribution in [0.25, 0.3) is 11.3 Å². The standard InChI is InChI=1S/C23H25N3O2/c1-15-7-8-24-20(10-15)22(17-5-6-17)25-23(28)19-12-16(14-27)11-18(13-19)21-4-3-9-26(21)2/h3-4,7-13,17,22,27H,5-6,14H2,1-2H3,(H,25,28). The lowest BCUT2D eigenvalue weighted by molar-refractivity contribution is 0.0930. The van der Waals surface area contributed by atoms with Gasteiger partial charge in [-0.3, -0.25) is 9.78 Å². The van der Waals surface area contributed by atoms with Crippen LogP contribution in [-0.2, 0) is 13.7 Å². The lowest BCUT2D eigenvalue weighted by Crippen LogP contribution is -2.30. The highest BCUT2D eigenvalue weighted by Crippen LogP contribution is 2.40. The fraction of sp³-hybridized carbons (Fsp3) is 0.304. The molecule has 0 saturated heterocycles. The number of hydrogen-bond acceptors (Lipinski definition) is 3. The summed E-state index contributed by atoms with van der Waals surface area (Å²) in [5.74, 6) is 0.303. The monoisotopic (exact) mass is 375 g/mol. The van der Waals surface area contributed by atoms with E-state index in [1.165, 1.54) is 0 Å². The van der Waals surface area contributed by atoms with Gasteiger partial charge < -0.3 is 15.0 Å². The van der Waals surface area contributed by atoms with E-state index >= 15 is 0 Å². The molecule has 1 aliphatic carbocycles. The molecule has 0 bridgehead atoms. The Morgan fingerprint density at radius 2 is 2.11 bits per heavy atom. The predicted octanol–water partition coefficient (Wildman–Crippen LogP) is 3.77. The van der Waals surface area contributed by atoms with Crippen molar-refractivity contribution in [1.29, 1.82) is 0 Å². The lowest BCUT2D eigenvalue weighted by atomic mass is 10.0. The van der Waals surface area contributed by atoms with E-state index in [0.29, 0.717) is 11.5 Å². The molecule has 3 aromatic rings. The summed E-state index contributed by atoms with van der Waals surface area (Å²) in [6, 6.07) is 13.5. The van der Waals surface area contributed by atoms with Gasteiger partial charge in [0.2, 0.25) is 0 Å². The molecular formula is C23H25N3O2. The molecule has 2 N–H and O–H groups in total. The molecule has 28 heavy (non-hydrogen) atoms. The highest BCUT2D eigenvalue weighted by molar-refractivity contribution is 5.96. The summed E-state index contributed by atoms with van der Waals surface area (Å²) in [6.45, 7) is 1.93. The smallest absolute Gasteiger partial charge is 0.251 e. The van der Waals surface area contributed by atoms with Crippen molar-refractivity contribution in [2.24, 2.45) is 13.0 Å². The van der Waals surface area contributed by atoms with Crippen molar-refractivity contribution in [1.82, 2.24) is 14.9 Å². The van der Waals surface area contributed by atoms with Crippen LogP contribution in [0.5, 0.6) is 0 Å². The van der Waals surface area contributed by atoms with Gasteiger partial charge in [-0.25, -0.2) is 0 Å². The molecule has 0 spiro atoms. The summed E-state index contributed by atoms with van der Waals surface area (Å²) in [5.41, 5.74) is 5.25. The van der Waals surface area contributed by atoms with Gasteiger partial charge in [0.25, 0.3) is 5.91 Å². The Morgan fingerprint density at radius 3 is 2.75 bits per heavy atom. The van der Waals surface area contributed by atoms with E-state index in [1.807, 2.05) is 61.1 Å². The minimum Gasteiger partial charge on any atom is -0.392 e. The number of nitrogens with zero attached hydrogens (tertiary/aromatic N) is 2. The average Bonchev–Trinajstić information content (AvgIpc) is 3.45. The van der Waals surface area contributed by atoms with Crippen LogP contribution >= 0.6 is 0 Å². The number of pyridine rings is 1. The van der Waals surface area contributed by atoms with E-state index in [-0.39, 0.29) is 18.6 Å². The van der Waals surface area contributed by atoms with Gasteiger partial charge in [-0.1, -0.05) is 0 Å². The lowest BCUT2D eigenvalue weighted by Gasteiger charge is -2.19. The molecule has 2 aromatic heterocycles. The fourth-order valence-corrected chi connectivity index (χ4v) is 3.64. The molecule has 5 nitrogen and oxygen atoms in total. The van der Waals surface area contributed by atoms with Crippen LogP contribution in [0.4, 0.5) is 0 Å². The predicted molar refractivity (Wildman–Crippen MR) is 109 cm³/mol. The van der Waals surface area contributed by atoms with Crippen molar-refractivity contribution in [2.45, 2.75) is 32.4 Å². The molecule has 1 aromatic carbocycles. The van der Waals surface area contributed by atoms with Crippen LogP contribution in [-0.4, -0.2) is 20.6 Å². The molecule has 1 saturated carbocycles. The van der Waals surface area contributed by atoms with E-state index in [2.05, 4.69) is 10.3 Å². The summed E-state index contributed by atoms with van der Waals surface area (Å²) in [6.07, 6.45) is 5.97. The second-order valence-corrected chi connectivity index (χ2v) is 7.63. The van der Waals surface area contributed by atoms with Gasteiger partial charge in [-0.15, -0.1) is 0 Å². The number of aromatic nitrogens is 2. The molecular weight excluding hydrogens is 350 g/mol. The van der Waals surface area contributed by atoms with Crippen LogP contribution in [0, 0.1) is 12.8 Å². The summed E-state index contributed by atoms with van der Waals surface area (Å²) >= 11 is 0. The van der Waals surface area contributed by atoms with Crippen LogP contribution in [0.1, 0.15) is 46.1 Å². The Kier molecular flexibility index (Phi) is 5.01. The van der Waals surface area contributed by atoms with Gasteiger partial charge in [0.05, 0.1) is 18.3 Å². The number of aryl methyl sites for hydroxylation is 2. The zero-order chi connectivity index (χ0) is 19.7. The number of rotatable bonds is 6. The normalized spacial score (nSPS) is 14.7. The number of aliphatic hydroxyl groups is 1. The zero-order valence-corrected chi connectivity index (χ0v) is 16.2. The van der Waals surface area contributed by atoms with Crippen LogP contribution in [0.3, 0.4) is 0 Å². The number of carbonyl (C=O) groups excluding carboxylic acids is 1. The van der Waals surface area contributed by atoms with Gasteiger partial charge in [0, 0.05) is 30.7 Å². The van der Waals surface area contributed by atoms with Gasteiger partial charge in [0.1, 0.15) is 0 Å². The number of aliphatic hydroxyl groups excluding tert-OH is 1. The molecule has 1 aliphatic rings. The molecule has 144 valence electrons. The molecule has 2 heterocycles. The summed E-state index contributed by atoms with van der Waals surface area (Å²) < 4.78 is 2.00. The van der Waals surface area contributed by atoms with Gasteiger partial charge in [-0.05, 0) is 84.8 Å². The van der Waals surface area contributed by atoms with Crippen molar-refractivity contribution in [3.8, 4) is 11.3 Å². The number of benzene rings is 1. The van der Waals surface area contributed by atoms with E-state index in [4.69, 9.17) is 0 Å². The summed E-state index contributed by atoms with van der Waals surface area (Å²) in [7, 11) is 1.97. The quantitative estimate of drug-likeness (QED) is 0.689. The van der Waals surface area contributed by atoms with Crippen molar-refractivity contribution >= 4 is 5.91 Å². The van der Waals surface area contributed by atoms with Gasteiger partial charge in [-0.2, -0.15) is 0 Å². The molecule has 0 radical (unpaired) electrons. The molecule has 1 unspecified atom stereocenters. The third kappa shape index (κ3) is 3.85. The van der Waals surface area contributed by atoms with E-state index in [0.717, 1.165) is 40.9 Å². The van der Waals surface area contributed by atoms with Gasteiger partial charge >= 0.3 is 0 Å². The first-order valence-corrected chi connectivity index (χ1v) is 9.65.